The smallest absolute Gasteiger partial charge is 0.287 e. The molecular weight excluding hydrogens is 348 g/mol. The summed E-state index contributed by atoms with van der Waals surface area (Å²) >= 11 is 1.73. The number of furan rings is 1. The molecule has 0 saturated carbocycles. The predicted molar refractivity (Wildman–Crippen MR) is 102 cm³/mol. The summed E-state index contributed by atoms with van der Waals surface area (Å²) in [7, 11) is 0. The summed E-state index contributed by atoms with van der Waals surface area (Å²) in [5.74, 6) is 1.67. The molecule has 0 fully saturated rings. The fourth-order valence-electron chi connectivity index (χ4n) is 2.92. The lowest BCUT2D eigenvalue weighted by molar-refractivity contribution is 0.0908. The Morgan fingerprint density at radius 2 is 2.08 bits per heavy atom. The molecule has 1 aromatic carbocycles. The van der Waals surface area contributed by atoms with Gasteiger partial charge in [0.2, 0.25) is 0 Å². The van der Waals surface area contributed by atoms with Gasteiger partial charge in [-0.05, 0) is 42.7 Å². The van der Waals surface area contributed by atoms with Crippen LogP contribution in [0.15, 0.2) is 59.1 Å². The molecule has 26 heavy (non-hydrogen) atoms. The standard InChI is InChI=1S/C19H18N4O2S/c1-26-11-9-14(18-22-21-17-8-4-5-10-23(17)18)20-19(24)16-12-13-6-2-3-7-15(13)25-16/h2-8,10,12,14H,9,11H2,1H3,(H,20,24)/t14-/m0/s1. The van der Waals surface area contributed by atoms with Gasteiger partial charge >= 0.3 is 0 Å². The molecule has 3 aromatic heterocycles. The van der Waals surface area contributed by atoms with Crippen LogP contribution >= 0.6 is 11.8 Å². The summed E-state index contributed by atoms with van der Waals surface area (Å²) in [6.07, 6.45) is 4.70. The number of fused-ring (bicyclic) bond motifs is 2. The minimum atomic E-state index is -0.250. The zero-order chi connectivity index (χ0) is 17.9. The van der Waals surface area contributed by atoms with Crippen LogP contribution in [-0.2, 0) is 0 Å². The molecule has 0 radical (unpaired) electrons. The third-order valence-corrected chi connectivity index (χ3v) is 4.86. The second-order valence-corrected chi connectivity index (χ2v) is 6.93. The molecule has 0 saturated heterocycles. The van der Waals surface area contributed by atoms with Crippen LogP contribution in [0.2, 0.25) is 0 Å². The lowest BCUT2D eigenvalue weighted by Crippen LogP contribution is -2.30. The number of hydrogen-bond acceptors (Lipinski definition) is 5. The van der Waals surface area contributed by atoms with Crippen molar-refractivity contribution in [2.75, 3.05) is 12.0 Å². The quantitative estimate of drug-likeness (QED) is 0.563. The number of benzene rings is 1. The minimum Gasteiger partial charge on any atom is -0.451 e. The van der Waals surface area contributed by atoms with Gasteiger partial charge in [-0.25, -0.2) is 0 Å². The van der Waals surface area contributed by atoms with Gasteiger partial charge in [0.1, 0.15) is 5.58 Å². The van der Waals surface area contributed by atoms with Crippen LogP contribution in [0.1, 0.15) is 28.8 Å². The predicted octanol–water partition coefficient (Wildman–Crippen LogP) is 3.70. The van der Waals surface area contributed by atoms with Gasteiger partial charge in [0, 0.05) is 11.6 Å². The molecule has 3 heterocycles. The van der Waals surface area contributed by atoms with E-state index in [1.807, 2.05) is 59.3 Å². The van der Waals surface area contributed by atoms with Gasteiger partial charge < -0.3 is 9.73 Å². The van der Waals surface area contributed by atoms with E-state index >= 15 is 0 Å². The fraction of sp³-hybridized carbons (Fsp3) is 0.211. The van der Waals surface area contributed by atoms with Crippen molar-refractivity contribution in [1.82, 2.24) is 19.9 Å². The number of nitrogens with one attached hydrogen (secondary N) is 1. The summed E-state index contributed by atoms with van der Waals surface area (Å²) in [5.41, 5.74) is 1.46. The van der Waals surface area contributed by atoms with Crippen LogP contribution < -0.4 is 5.32 Å². The molecule has 4 aromatic rings. The lowest BCUT2D eigenvalue weighted by Gasteiger charge is -2.16. The van der Waals surface area contributed by atoms with Crippen molar-refractivity contribution in [1.29, 1.82) is 0 Å². The van der Waals surface area contributed by atoms with E-state index < -0.39 is 0 Å². The summed E-state index contributed by atoms with van der Waals surface area (Å²) in [5, 5.41) is 12.5. The van der Waals surface area contributed by atoms with Crippen molar-refractivity contribution < 1.29 is 9.21 Å². The number of nitrogens with zero attached hydrogens (tertiary/aromatic N) is 3. The molecule has 0 aliphatic rings. The average Bonchev–Trinajstić information content (AvgIpc) is 3.29. The number of aromatic nitrogens is 3. The first-order chi connectivity index (χ1) is 12.8. The van der Waals surface area contributed by atoms with Gasteiger partial charge in [0.15, 0.2) is 17.2 Å². The molecule has 0 spiro atoms. The Hall–Kier alpha value is -2.80. The van der Waals surface area contributed by atoms with Crippen molar-refractivity contribution in [2.24, 2.45) is 0 Å². The Kier molecular flexibility index (Phi) is 4.62. The van der Waals surface area contributed by atoms with Crippen molar-refractivity contribution >= 4 is 34.3 Å². The molecule has 4 rings (SSSR count). The molecule has 0 bridgehead atoms. The van der Waals surface area contributed by atoms with E-state index in [-0.39, 0.29) is 11.9 Å². The molecule has 0 aliphatic carbocycles. The first kappa shape index (κ1) is 16.7. The number of rotatable bonds is 6. The molecule has 1 amide bonds. The van der Waals surface area contributed by atoms with Gasteiger partial charge in [-0.3, -0.25) is 9.20 Å². The van der Waals surface area contributed by atoms with E-state index in [4.69, 9.17) is 4.42 Å². The van der Waals surface area contributed by atoms with Crippen molar-refractivity contribution in [3.05, 3.63) is 66.3 Å². The van der Waals surface area contributed by atoms with Crippen molar-refractivity contribution in [3.63, 3.8) is 0 Å². The van der Waals surface area contributed by atoms with Gasteiger partial charge in [-0.2, -0.15) is 11.8 Å². The zero-order valence-corrected chi connectivity index (χ0v) is 15.1. The molecule has 7 heteroatoms. The average molecular weight is 366 g/mol. The Balaban J connectivity index is 1.63. The van der Waals surface area contributed by atoms with Crippen LogP contribution in [0.3, 0.4) is 0 Å². The molecular formula is C19H18N4O2S. The van der Waals surface area contributed by atoms with Gasteiger partial charge in [-0.1, -0.05) is 24.3 Å². The number of para-hydroxylation sites is 1. The van der Waals surface area contributed by atoms with Crippen LogP contribution in [0.5, 0.6) is 0 Å². The Bertz CT molecular complexity index is 1020. The van der Waals surface area contributed by atoms with E-state index in [2.05, 4.69) is 15.5 Å². The highest BCUT2D eigenvalue weighted by molar-refractivity contribution is 7.98. The molecule has 0 unspecified atom stereocenters. The lowest BCUT2D eigenvalue weighted by atomic mass is 10.2. The molecule has 6 nitrogen and oxygen atoms in total. The van der Waals surface area contributed by atoms with E-state index in [9.17, 15) is 4.79 Å². The molecule has 0 aliphatic heterocycles. The third-order valence-electron chi connectivity index (χ3n) is 4.22. The summed E-state index contributed by atoms with van der Waals surface area (Å²) in [6, 6.07) is 14.8. The van der Waals surface area contributed by atoms with E-state index in [0.29, 0.717) is 11.3 Å². The number of hydrogen-bond donors (Lipinski definition) is 1. The highest BCUT2D eigenvalue weighted by Gasteiger charge is 2.22. The summed E-state index contributed by atoms with van der Waals surface area (Å²) < 4.78 is 7.59. The van der Waals surface area contributed by atoms with E-state index in [0.717, 1.165) is 29.0 Å². The maximum absolute atomic E-state index is 12.8. The number of pyridine rings is 1. The van der Waals surface area contributed by atoms with E-state index in [1.165, 1.54) is 0 Å². The number of thioether (sulfide) groups is 1. The number of carbonyl (C=O) groups excluding carboxylic acids is 1. The Labute approximate surface area is 154 Å². The molecule has 1 atom stereocenters. The maximum atomic E-state index is 12.8. The fourth-order valence-corrected chi connectivity index (χ4v) is 3.39. The Morgan fingerprint density at radius 1 is 1.23 bits per heavy atom. The molecule has 1 N–H and O–H groups in total. The maximum Gasteiger partial charge on any atom is 0.287 e. The second-order valence-electron chi connectivity index (χ2n) is 5.94. The topological polar surface area (TPSA) is 72.4 Å². The highest BCUT2D eigenvalue weighted by atomic mass is 32.2. The normalized spacial score (nSPS) is 12.5. The first-order valence-corrected chi connectivity index (χ1v) is 9.73. The number of amides is 1. The summed E-state index contributed by atoms with van der Waals surface area (Å²) in [6.45, 7) is 0. The summed E-state index contributed by atoms with van der Waals surface area (Å²) in [4.78, 5) is 12.8. The van der Waals surface area contributed by atoms with Crippen molar-refractivity contribution in [2.45, 2.75) is 12.5 Å². The van der Waals surface area contributed by atoms with Crippen LogP contribution in [0.4, 0.5) is 0 Å². The van der Waals surface area contributed by atoms with Gasteiger partial charge in [-0.15, -0.1) is 10.2 Å². The first-order valence-electron chi connectivity index (χ1n) is 8.34. The second kappa shape index (κ2) is 7.21. The zero-order valence-electron chi connectivity index (χ0n) is 14.3. The number of carbonyl (C=O) groups is 1. The largest absolute Gasteiger partial charge is 0.451 e. The third kappa shape index (κ3) is 3.17. The molecule has 132 valence electrons. The van der Waals surface area contributed by atoms with Crippen LogP contribution in [-0.4, -0.2) is 32.5 Å². The van der Waals surface area contributed by atoms with Gasteiger partial charge in [0.25, 0.3) is 5.91 Å². The monoisotopic (exact) mass is 366 g/mol. The van der Waals surface area contributed by atoms with Crippen molar-refractivity contribution in [3.8, 4) is 0 Å². The Morgan fingerprint density at radius 3 is 2.92 bits per heavy atom. The minimum absolute atomic E-state index is 0.249. The van der Waals surface area contributed by atoms with Gasteiger partial charge in [0.05, 0.1) is 6.04 Å². The van der Waals surface area contributed by atoms with E-state index in [1.54, 1.807) is 17.8 Å². The van der Waals surface area contributed by atoms with Crippen LogP contribution in [0, 0.1) is 0 Å². The highest BCUT2D eigenvalue weighted by Crippen LogP contribution is 2.22. The van der Waals surface area contributed by atoms with Crippen LogP contribution in [0.25, 0.3) is 16.6 Å². The SMILES string of the molecule is CSCC[C@H](NC(=O)c1cc2ccccc2o1)c1nnc2ccccn12.